The first-order chi connectivity index (χ1) is 9.90. The lowest BCUT2D eigenvalue weighted by Gasteiger charge is -2.07. The van der Waals surface area contributed by atoms with Gasteiger partial charge in [0.2, 0.25) is 10.0 Å². The largest absolute Gasteiger partial charge is 0.283 e. The number of nitrogens with one attached hydrogen (secondary N) is 2. The molecule has 2 N–H and O–H groups in total. The van der Waals surface area contributed by atoms with E-state index >= 15 is 0 Å². The summed E-state index contributed by atoms with van der Waals surface area (Å²) >= 11 is 0. The molecule has 0 saturated carbocycles. The average Bonchev–Trinajstić information content (AvgIpc) is 2.83. The fraction of sp³-hybridized carbons (Fsp3) is 0.308. The molecule has 1 aromatic heterocycles. The van der Waals surface area contributed by atoms with E-state index in [1.807, 2.05) is 6.92 Å². The molecule has 0 fully saturated rings. The predicted octanol–water partition coefficient (Wildman–Crippen LogP) is 1.91. The second kappa shape index (κ2) is 6.31. The topological polar surface area (TPSA) is 74.8 Å². The molecule has 0 aliphatic rings. The van der Waals surface area contributed by atoms with Gasteiger partial charge in [-0.1, -0.05) is 0 Å². The molecule has 2 aromatic rings. The highest BCUT2D eigenvalue weighted by molar-refractivity contribution is 7.89. The Labute approximate surface area is 121 Å². The summed E-state index contributed by atoms with van der Waals surface area (Å²) in [6.45, 7) is 2.08. The Morgan fingerprint density at radius 3 is 2.67 bits per heavy atom. The lowest BCUT2D eigenvalue weighted by atomic mass is 10.1. The maximum atomic E-state index is 13.1. The van der Waals surface area contributed by atoms with Crippen molar-refractivity contribution in [2.24, 2.45) is 0 Å². The number of benzene rings is 1. The third-order valence-electron chi connectivity index (χ3n) is 3.05. The first kappa shape index (κ1) is 15.6. The van der Waals surface area contributed by atoms with E-state index in [1.54, 1.807) is 6.20 Å². The summed E-state index contributed by atoms with van der Waals surface area (Å²) in [7, 11) is -3.83. The smallest absolute Gasteiger partial charge is 0.240 e. The summed E-state index contributed by atoms with van der Waals surface area (Å²) in [6, 6.07) is 2.48. The molecular formula is C13H15F2N3O2S. The molecule has 0 radical (unpaired) electrons. The Kier molecular flexibility index (Phi) is 4.69. The molecule has 0 unspecified atom stereocenters. The molecule has 1 aromatic carbocycles. The van der Waals surface area contributed by atoms with Gasteiger partial charge in [-0.15, -0.1) is 0 Å². The summed E-state index contributed by atoms with van der Waals surface area (Å²) in [5.74, 6) is -2.27. The zero-order chi connectivity index (χ0) is 15.5. The van der Waals surface area contributed by atoms with Crippen LogP contribution in [0.4, 0.5) is 8.78 Å². The van der Waals surface area contributed by atoms with Crippen LogP contribution in [0, 0.1) is 18.6 Å². The summed E-state index contributed by atoms with van der Waals surface area (Å²) in [6.07, 6.45) is 2.94. The highest BCUT2D eigenvalue weighted by atomic mass is 32.2. The van der Waals surface area contributed by atoms with E-state index in [0.717, 1.165) is 23.4 Å². The third-order valence-corrected chi connectivity index (χ3v) is 4.51. The van der Waals surface area contributed by atoms with E-state index in [-0.39, 0.29) is 11.4 Å². The minimum Gasteiger partial charge on any atom is -0.283 e. The number of aromatic amines is 1. The fourth-order valence-corrected chi connectivity index (χ4v) is 2.93. The van der Waals surface area contributed by atoms with Gasteiger partial charge in [0.25, 0.3) is 0 Å². The summed E-state index contributed by atoms with van der Waals surface area (Å²) in [5.41, 5.74) is 1.96. The molecule has 21 heavy (non-hydrogen) atoms. The first-order valence-corrected chi connectivity index (χ1v) is 7.82. The van der Waals surface area contributed by atoms with Crippen LogP contribution >= 0.6 is 0 Å². The van der Waals surface area contributed by atoms with Crippen LogP contribution in [0.5, 0.6) is 0 Å². The SMILES string of the molecule is Cc1[nH]ncc1CCCNS(=O)(=O)c1ccc(F)c(F)c1. The second-order valence-corrected chi connectivity index (χ2v) is 6.36. The zero-order valence-corrected chi connectivity index (χ0v) is 12.2. The molecule has 0 aliphatic heterocycles. The van der Waals surface area contributed by atoms with Crippen molar-refractivity contribution in [3.8, 4) is 0 Å². The summed E-state index contributed by atoms with van der Waals surface area (Å²) in [5, 5.41) is 6.67. The van der Waals surface area contributed by atoms with Crippen molar-refractivity contribution in [2.75, 3.05) is 6.54 Å². The van der Waals surface area contributed by atoms with Crippen molar-refractivity contribution in [1.29, 1.82) is 0 Å². The molecule has 2 rings (SSSR count). The molecule has 0 aliphatic carbocycles. The summed E-state index contributed by atoms with van der Waals surface area (Å²) in [4.78, 5) is -0.291. The van der Waals surface area contributed by atoms with E-state index in [9.17, 15) is 17.2 Å². The highest BCUT2D eigenvalue weighted by Crippen LogP contribution is 2.13. The number of halogens is 2. The van der Waals surface area contributed by atoms with Gasteiger partial charge in [-0.05, 0) is 43.5 Å². The summed E-state index contributed by atoms with van der Waals surface area (Å²) < 4.78 is 52.0. The van der Waals surface area contributed by atoms with E-state index in [1.165, 1.54) is 0 Å². The van der Waals surface area contributed by atoms with Crippen LogP contribution in [0.2, 0.25) is 0 Å². The van der Waals surface area contributed by atoms with Crippen LogP contribution < -0.4 is 4.72 Å². The van der Waals surface area contributed by atoms with Crippen LogP contribution in [0.1, 0.15) is 17.7 Å². The van der Waals surface area contributed by atoms with Gasteiger partial charge >= 0.3 is 0 Å². The Balaban J connectivity index is 1.92. The Hall–Kier alpha value is -1.80. The third kappa shape index (κ3) is 3.85. The van der Waals surface area contributed by atoms with Gasteiger partial charge in [-0.25, -0.2) is 21.9 Å². The molecule has 0 spiro atoms. The molecular weight excluding hydrogens is 300 g/mol. The lowest BCUT2D eigenvalue weighted by molar-refractivity contribution is 0.504. The van der Waals surface area contributed by atoms with E-state index in [4.69, 9.17) is 0 Å². The van der Waals surface area contributed by atoms with Crippen molar-refractivity contribution < 1.29 is 17.2 Å². The van der Waals surface area contributed by atoms with Crippen molar-refractivity contribution in [1.82, 2.24) is 14.9 Å². The standard InChI is InChI=1S/C13H15F2N3O2S/c1-9-10(8-16-18-9)3-2-6-17-21(19,20)11-4-5-12(14)13(15)7-11/h4-5,7-8,17H,2-3,6H2,1H3,(H,16,18). The van der Waals surface area contributed by atoms with Gasteiger partial charge in [0.15, 0.2) is 11.6 Å². The van der Waals surface area contributed by atoms with E-state index in [0.29, 0.717) is 18.9 Å². The van der Waals surface area contributed by atoms with Crippen LogP contribution in [0.25, 0.3) is 0 Å². The number of rotatable bonds is 6. The van der Waals surface area contributed by atoms with Gasteiger partial charge < -0.3 is 0 Å². The average molecular weight is 315 g/mol. The van der Waals surface area contributed by atoms with Gasteiger partial charge in [-0.2, -0.15) is 5.10 Å². The number of H-pyrrole nitrogens is 1. The lowest BCUT2D eigenvalue weighted by Crippen LogP contribution is -2.25. The second-order valence-electron chi connectivity index (χ2n) is 4.60. The Morgan fingerprint density at radius 2 is 2.05 bits per heavy atom. The minimum atomic E-state index is -3.83. The first-order valence-electron chi connectivity index (χ1n) is 6.34. The number of aryl methyl sites for hydroxylation is 2. The number of hydrogen-bond donors (Lipinski definition) is 2. The number of sulfonamides is 1. The number of nitrogens with zero attached hydrogens (tertiary/aromatic N) is 1. The van der Waals surface area contributed by atoms with E-state index in [2.05, 4.69) is 14.9 Å². The van der Waals surface area contributed by atoms with Gasteiger partial charge in [0.1, 0.15) is 0 Å². The monoisotopic (exact) mass is 315 g/mol. The Bertz CT molecular complexity index is 729. The molecule has 0 bridgehead atoms. The van der Waals surface area contributed by atoms with Crippen molar-refractivity contribution in [2.45, 2.75) is 24.7 Å². The molecule has 114 valence electrons. The Morgan fingerprint density at radius 1 is 1.29 bits per heavy atom. The van der Waals surface area contributed by atoms with Gasteiger partial charge in [-0.3, -0.25) is 5.10 Å². The van der Waals surface area contributed by atoms with E-state index < -0.39 is 21.7 Å². The fourth-order valence-electron chi connectivity index (χ4n) is 1.84. The maximum Gasteiger partial charge on any atom is 0.240 e. The zero-order valence-electron chi connectivity index (χ0n) is 11.4. The van der Waals surface area contributed by atoms with Crippen molar-refractivity contribution in [3.63, 3.8) is 0 Å². The maximum absolute atomic E-state index is 13.1. The molecule has 0 atom stereocenters. The molecule has 0 amide bonds. The quantitative estimate of drug-likeness (QED) is 0.800. The van der Waals surface area contributed by atoms with Crippen LogP contribution in [-0.4, -0.2) is 25.2 Å². The van der Waals surface area contributed by atoms with Crippen LogP contribution in [-0.2, 0) is 16.4 Å². The van der Waals surface area contributed by atoms with Gasteiger partial charge in [0.05, 0.1) is 11.1 Å². The molecule has 5 nitrogen and oxygen atoms in total. The van der Waals surface area contributed by atoms with Crippen molar-refractivity contribution >= 4 is 10.0 Å². The number of hydrogen-bond acceptors (Lipinski definition) is 3. The van der Waals surface area contributed by atoms with Crippen LogP contribution in [0.15, 0.2) is 29.3 Å². The van der Waals surface area contributed by atoms with Crippen molar-refractivity contribution in [3.05, 3.63) is 47.3 Å². The molecule has 1 heterocycles. The predicted molar refractivity (Wildman–Crippen MR) is 73.2 cm³/mol. The highest BCUT2D eigenvalue weighted by Gasteiger charge is 2.15. The minimum absolute atomic E-state index is 0.200. The molecule has 0 saturated heterocycles. The normalized spacial score (nSPS) is 11.8. The molecule has 8 heteroatoms. The van der Waals surface area contributed by atoms with Gasteiger partial charge in [0, 0.05) is 12.2 Å². The van der Waals surface area contributed by atoms with Crippen LogP contribution in [0.3, 0.4) is 0 Å². The number of aromatic nitrogens is 2.